The van der Waals surface area contributed by atoms with E-state index >= 15 is 0 Å². The fraction of sp³-hybridized carbons (Fsp3) is 0.583. The van der Waals surface area contributed by atoms with E-state index in [0.717, 1.165) is 0 Å². The van der Waals surface area contributed by atoms with E-state index in [0.29, 0.717) is 18.5 Å². The molecule has 2 amide bonds. The molecule has 0 radical (unpaired) electrons. The third-order valence-electron chi connectivity index (χ3n) is 3.32. The van der Waals surface area contributed by atoms with Gasteiger partial charge in [0.25, 0.3) is 0 Å². The lowest BCUT2D eigenvalue weighted by Crippen LogP contribution is -2.45. The topological polar surface area (TPSA) is 104 Å². The predicted molar refractivity (Wildman–Crippen MR) is 67.4 cm³/mol. The van der Waals surface area contributed by atoms with Gasteiger partial charge < -0.3 is 20.3 Å². The fourth-order valence-corrected chi connectivity index (χ4v) is 1.69. The summed E-state index contributed by atoms with van der Waals surface area (Å²) in [6.45, 7) is 3.93. The Morgan fingerprint density at radius 3 is 2.53 bits per heavy atom. The lowest BCUT2D eigenvalue weighted by molar-refractivity contribution is -0.149. The summed E-state index contributed by atoms with van der Waals surface area (Å²) in [6.07, 6.45) is 2.34. The van der Waals surface area contributed by atoms with Crippen molar-refractivity contribution in [2.75, 3.05) is 6.54 Å². The van der Waals surface area contributed by atoms with E-state index in [1.807, 2.05) is 0 Å². The van der Waals surface area contributed by atoms with Gasteiger partial charge in [0.05, 0.1) is 12.0 Å². The number of urea groups is 1. The molecule has 7 heteroatoms. The van der Waals surface area contributed by atoms with Gasteiger partial charge in [-0.2, -0.15) is 0 Å². The predicted octanol–water partition coefficient (Wildman–Crippen LogP) is 1.36. The Labute approximate surface area is 111 Å². The monoisotopic (exact) mass is 269 g/mol. The van der Waals surface area contributed by atoms with Crippen LogP contribution in [0.1, 0.15) is 32.4 Å². The van der Waals surface area contributed by atoms with Crippen molar-refractivity contribution in [1.82, 2.24) is 15.8 Å². The number of amides is 2. The third kappa shape index (κ3) is 3.97. The lowest BCUT2D eigenvalue weighted by atomic mass is 9.82. The smallest absolute Gasteiger partial charge is 0.315 e. The highest BCUT2D eigenvalue weighted by molar-refractivity contribution is 5.78. The van der Waals surface area contributed by atoms with Gasteiger partial charge in [0.1, 0.15) is 12.0 Å². The molecule has 0 bridgehead atoms. The first kappa shape index (κ1) is 15.0. The number of carbonyl (C=O) groups is 2. The van der Waals surface area contributed by atoms with Crippen molar-refractivity contribution in [2.24, 2.45) is 5.41 Å². The number of carboxylic acid groups (broad SMARTS) is 1. The van der Waals surface area contributed by atoms with Crippen LogP contribution in [-0.2, 0) is 11.3 Å². The van der Waals surface area contributed by atoms with Crippen molar-refractivity contribution in [3.05, 3.63) is 18.0 Å². The van der Waals surface area contributed by atoms with E-state index in [1.54, 1.807) is 19.9 Å². The maximum atomic E-state index is 11.6. The molecule has 1 aromatic heterocycles. The summed E-state index contributed by atoms with van der Waals surface area (Å²) in [6, 6.07) is 1.22. The Hall–Kier alpha value is -2.05. The molecule has 0 aliphatic heterocycles. The van der Waals surface area contributed by atoms with Crippen LogP contribution in [0.15, 0.2) is 16.9 Å². The molecule has 7 nitrogen and oxygen atoms in total. The molecule has 0 spiro atoms. The molecule has 0 atom stereocenters. The molecule has 0 aliphatic rings. The Bertz CT molecular complexity index is 413. The minimum atomic E-state index is -0.911. The molecule has 0 aromatic carbocycles. The van der Waals surface area contributed by atoms with Crippen LogP contribution in [0.2, 0.25) is 0 Å². The summed E-state index contributed by atoms with van der Waals surface area (Å²) in [5, 5.41) is 18.0. The summed E-state index contributed by atoms with van der Waals surface area (Å²) in [4.78, 5) is 22.8. The molecule has 0 saturated heterocycles. The molecule has 0 saturated carbocycles. The Kier molecular flexibility index (Phi) is 5.35. The van der Waals surface area contributed by atoms with Crippen LogP contribution in [-0.4, -0.2) is 28.8 Å². The zero-order valence-corrected chi connectivity index (χ0v) is 11.1. The quantitative estimate of drug-likeness (QED) is 0.693. The number of nitrogens with zero attached hydrogens (tertiary/aromatic N) is 1. The van der Waals surface area contributed by atoms with Crippen molar-refractivity contribution in [3.8, 4) is 0 Å². The summed E-state index contributed by atoms with van der Waals surface area (Å²) in [7, 11) is 0. The summed E-state index contributed by atoms with van der Waals surface area (Å²) in [5.41, 5.74) is -0.309. The summed E-state index contributed by atoms with van der Waals surface area (Å²) >= 11 is 0. The highest BCUT2D eigenvalue weighted by atomic mass is 16.5. The zero-order chi connectivity index (χ0) is 14.3. The van der Waals surface area contributed by atoms with E-state index in [4.69, 9.17) is 0 Å². The summed E-state index contributed by atoms with van der Waals surface area (Å²) < 4.78 is 4.63. The maximum absolute atomic E-state index is 11.6. The first-order valence-electron chi connectivity index (χ1n) is 6.18. The number of nitrogens with one attached hydrogen (secondary N) is 2. The molecule has 1 heterocycles. The van der Waals surface area contributed by atoms with E-state index in [9.17, 15) is 14.7 Å². The first-order valence-corrected chi connectivity index (χ1v) is 6.18. The molecular formula is C12H19N3O4. The van der Waals surface area contributed by atoms with E-state index in [-0.39, 0.29) is 13.1 Å². The van der Waals surface area contributed by atoms with Gasteiger partial charge in [-0.3, -0.25) is 4.79 Å². The van der Waals surface area contributed by atoms with Crippen molar-refractivity contribution in [2.45, 2.75) is 33.2 Å². The zero-order valence-electron chi connectivity index (χ0n) is 11.1. The van der Waals surface area contributed by atoms with Crippen LogP contribution in [0.4, 0.5) is 4.79 Å². The van der Waals surface area contributed by atoms with Gasteiger partial charge in [-0.1, -0.05) is 19.0 Å². The number of aromatic nitrogens is 1. The van der Waals surface area contributed by atoms with E-state index in [1.165, 1.54) is 6.26 Å². The molecule has 106 valence electrons. The minimum absolute atomic E-state index is 0.0972. The molecule has 0 aliphatic carbocycles. The van der Waals surface area contributed by atoms with Crippen molar-refractivity contribution >= 4 is 12.0 Å². The van der Waals surface area contributed by atoms with Crippen LogP contribution in [0.25, 0.3) is 0 Å². The van der Waals surface area contributed by atoms with Gasteiger partial charge >= 0.3 is 12.0 Å². The number of hydrogen-bond donors (Lipinski definition) is 3. The van der Waals surface area contributed by atoms with Gasteiger partial charge in [-0.15, -0.1) is 0 Å². The number of carbonyl (C=O) groups excluding carboxylic acids is 1. The van der Waals surface area contributed by atoms with E-state index in [2.05, 4.69) is 20.3 Å². The van der Waals surface area contributed by atoms with Gasteiger partial charge in [0.2, 0.25) is 0 Å². The van der Waals surface area contributed by atoms with Crippen LogP contribution in [0.3, 0.4) is 0 Å². The van der Waals surface area contributed by atoms with Gasteiger partial charge in [0, 0.05) is 12.6 Å². The van der Waals surface area contributed by atoms with Gasteiger partial charge in [0.15, 0.2) is 0 Å². The first-order chi connectivity index (χ1) is 9.04. The lowest BCUT2D eigenvalue weighted by Gasteiger charge is -2.26. The standard InChI is InChI=1S/C12H19N3O4/c1-3-12(4-2,10(16)17)8-14-11(18)13-7-9-5-6-19-15-9/h5-6H,3-4,7-8H2,1-2H3,(H,16,17)(H2,13,14,18). The van der Waals surface area contributed by atoms with Crippen LogP contribution >= 0.6 is 0 Å². The summed E-state index contributed by atoms with van der Waals surface area (Å²) in [5.74, 6) is -0.894. The minimum Gasteiger partial charge on any atom is -0.481 e. The Morgan fingerprint density at radius 1 is 1.37 bits per heavy atom. The third-order valence-corrected chi connectivity index (χ3v) is 3.32. The number of carboxylic acids is 1. The van der Waals surface area contributed by atoms with Crippen molar-refractivity contribution in [1.29, 1.82) is 0 Å². The molecule has 3 N–H and O–H groups in total. The largest absolute Gasteiger partial charge is 0.481 e. The second-order valence-electron chi connectivity index (χ2n) is 4.32. The van der Waals surface area contributed by atoms with Crippen molar-refractivity contribution in [3.63, 3.8) is 0 Å². The molecule has 19 heavy (non-hydrogen) atoms. The maximum Gasteiger partial charge on any atom is 0.315 e. The number of rotatable bonds is 7. The van der Waals surface area contributed by atoms with Gasteiger partial charge in [-0.25, -0.2) is 4.79 Å². The van der Waals surface area contributed by atoms with Crippen LogP contribution < -0.4 is 10.6 Å². The molecule has 0 unspecified atom stereocenters. The second kappa shape index (κ2) is 6.77. The SMILES string of the molecule is CCC(CC)(CNC(=O)NCc1ccon1)C(=O)O. The Balaban J connectivity index is 2.42. The highest BCUT2D eigenvalue weighted by Gasteiger charge is 2.35. The highest BCUT2D eigenvalue weighted by Crippen LogP contribution is 2.25. The van der Waals surface area contributed by atoms with E-state index < -0.39 is 17.4 Å². The number of hydrogen-bond acceptors (Lipinski definition) is 4. The molecular weight excluding hydrogens is 250 g/mol. The van der Waals surface area contributed by atoms with Crippen molar-refractivity contribution < 1.29 is 19.2 Å². The second-order valence-corrected chi connectivity index (χ2v) is 4.32. The number of aliphatic carboxylic acids is 1. The average molecular weight is 269 g/mol. The van der Waals surface area contributed by atoms with Gasteiger partial charge in [-0.05, 0) is 12.8 Å². The Morgan fingerprint density at radius 2 is 2.05 bits per heavy atom. The van der Waals surface area contributed by atoms with Crippen LogP contribution in [0, 0.1) is 5.41 Å². The fourth-order valence-electron chi connectivity index (χ4n) is 1.69. The molecule has 1 rings (SSSR count). The molecule has 1 aromatic rings. The normalized spacial score (nSPS) is 11.1. The average Bonchev–Trinajstić information content (AvgIpc) is 2.91. The van der Waals surface area contributed by atoms with Crippen LogP contribution in [0.5, 0.6) is 0 Å². The molecule has 0 fully saturated rings.